The van der Waals surface area contributed by atoms with E-state index in [1.807, 2.05) is 60.7 Å². The Kier molecular flexibility index (Phi) is 8.44. The van der Waals surface area contributed by atoms with Gasteiger partial charge in [0.05, 0.1) is 14.9 Å². The van der Waals surface area contributed by atoms with Gasteiger partial charge < -0.3 is 5.32 Å². The largest absolute Gasteiger partial charge is 0.348 e. The second kappa shape index (κ2) is 11.7. The molecule has 0 saturated carbocycles. The first kappa shape index (κ1) is 25.9. The van der Waals surface area contributed by atoms with Crippen LogP contribution >= 0.6 is 23.2 Å². The molecule has 0 bridgehead atoms. The highest BCUT2D eigenvalue weighted by Gasteiger charge is 2.26. The first-order chi connectivity index (χ1) is 17.3. The van der Waals surface area contributed by atoms with Gasteiger partial charge in [0.2, 0.25) is 10.0 Å². The standard InChI is InChI=1S/C28H24Cl2N2O3S/c29-26-16-15-25(17-27(26)30)36(34,35)32(19-22-9-5-2-6-10-22)20-23-11-13-24(14-12-23)28(33)31-18-21-7-3-1-4-8-21/h1-17H,18-20H2,(H,31,33). The van der Waals surface area contributed by atoms with E-state index in [4.69, 9.17) is 23.2 Å². The maximum absolute atomic E-state index is 13.6. The zero-order valence-corrected chi connectivity index (χ0v) is 21.6. The van der Waals surface area contributed by atoms with Gasteiger partial charge in [-0.05, 0) is 47.0 Å². The Morgan fingerprint density at radius 1 is 0.694 bits per heavy atom. The van der Waals surface area contributed by atoms with Crippen LogP contribution in [-0.4, -0.2) is 18.6 Å². The Morgan fingerprint density at radius 3 is 1.83 bits per heavy atom. The van der Waals surface area contributed by atoms with Crippen LogP contribution in [0.2, 0.25) is 10.0 Å². The van der Waals surface area contributed by atoms with E-state index in [-0.39, 0.29) is 33.9 Å². The molecule has 184 valence electrons. The molecule has 36 heavy (non-hydrogen) atoms. The summed E-state index contributed by atoms with van der Waals surface area (Å²) < 4.78 is 28.5. The number of nitrogens with zero attached hydrogens (tertiary/aromatic N) is 1. The van der Waals surface area contributed by atoms with Crippen LogP contribution in [0.4, 0.5) is 0 Å². The molecule has 0 atom stereocenters. The zero-order valence-electron chi connectivity index (χ0n) is 19.3. The highest BCUT2D eigenvalue weighted by molar-refractivity contribution is 7.89. The van der Waals surface area contributed by atoms with Gasteiger partial charge in [0.25, 0.3) is 5.91 Å². The Morgan fingerprint density at radius 2 is 1.25 bits per heavy atom. The molecule has 0 heterocycles. The minimum Gasteiger partial charge on any atom is -0.348 e. The van der Waals surface area contributed by atoms with Crippen molar-refractivity contribution in [2.24, 2.45) is 0 Å². The van der Waals surface area contributed by atoms with Gasteiger partial charge in [-0.1, -0.05) is 96.0 Å². The van der Waals surface area contributed by atoms with Gasteiger partial charge in [0.1, 0.15) is 0 Å². The molecule has 1 N–H and O–H groups in total. The normalized spacial score (nSPS) is 11.4. The molecule has 0 unspecified atom stereocenters. The second-order valence-electron chi connectivity index (χ2n) is 8.20. The maximum atomic E-state index is 13.6. The summed E-state index contributed by atoms with van der Waals surface area (Å²) in [6, 6.07) is 30.2. The van der Waals surface area contributed by atoms with Crippen LogP contribution in [0, 0.1) is 0 Å². The lowest BCUT2D eigenvalue weighted by atomic mass is 10.1. The number of carbonyl (C=O) groups is 1. The van der Waals surface area contributed by atoms with Gasteiger partial charge in [0.15, 0.2) is 0 Å². The SMILES string of the molecule is O=C(NCc1ccccc1)c1ccc(CN(Cc2ccccc2)S(=O)(=O)c2ccc(Cl)c(Cl)c2)cc1. The smallest absolute Gasteiger partial charge is 0.251 e. The molecular formula is C28H24Cl2N2O3S. The topological polar surface area (TPSA) is 66.5 Å². The quantitative estimate of drug-likeness (QED) is 0.271. The van der Waals surface area contributed by atoms with Crippen molar-refractivity contribution in [1.29, 1.82) is 0 Å². The van der Waals surface area contributed by atoms with Crippen LogP contribution in [0.3, 0.4) is 0 Å². The summed E-state index contributed by atoms with van der Waals surface area (Å²) >= 11 is 12.1. The van der Waals surface area contributed by atoms with Crippen molar-refractivity contribution in [3.63, 3.8) is 0 Å². The zero-order chi connectivity index (χ0) is 25.5. The van der Waals surface area contributed by atoms with Crippen molar-refractivity contribution >= 4 is 39.1 Å². The fraction of sp³-hybridized carbons (Fsp3) is 0.107. The monoisotopic (exact) mass is 538 g/mol. The van der Waals surface area contributed by atoms with Crippen LogP contribution in [0.1, 0.15) is 27.0 Å². The molecule has 0 spiro atoms. The lowest BCUT2D eigenvalue weighted by Crippen LogP contribution is -2.30. The summed E-state index contributed by atoms with van der Waals surface area (Å²) in [7, 11) is -3.89. The van der Waals surface area contributed by atoms with Crippen molar-refractivity contribution in [2.75, 3.05) is 0 Å². The number of hydrogen-bond acceptors (Lipinski definition) is 3. The third kappa shape index (κ3) is 6.53. The first-order valence-electron chi connectivity index (χ1n) is 11.2. The van der Waals surface area contributed by atoms with E-state index in [1.165, 1.54) is 22.5 Å². The van der Waals surface area contributed by atoms with Crippen LogP contribution in [-0.2, 0) is 29.7 Å². The molecular weight excluding hydrogens is 515 g/mol. The number of carbonyl (C=O) groups excluding carboxylic acids is 1. The van der Waals surface area contributed by atoms with Crippen molar-refractivity contribution in [2.45, 2.75) is 24.5 Å². The highest BCUT2D eigenvalue weighted by atomic mass is 35.5. The van der Waals surface area contributed by atoms with Gasteiger partial charge in [-0.25, -0.2) is 8.42 Å². The van der Waals surface area contributed by atoms with Crippen LogP contribution < -0.4 is 5.32 Å². The Balaban J connectivity index is 1.53. The van der Waals surface area contributed by atoms with Gasteiger partial charge in [-0.2, -0.15) is 4.31 Å². The van der Waals surface area contributed by atoms with Crippen LogP contribution in [0.15, 0.2) is 108 Å². The van der Waals surface area contributed by atoms with E-state index in [0.717, 1.165) is 16.7 Å². The highest BCUT2D eigenvalue weighted by Crippen LogP contribution is 2.28. The molecule has 0 saturated heterocycles. The van der Waals surface area contributed by atoms with E-state index >= 15 is 0 Å². The summed E-state index contributed by atoms with van der Waals surface area (Å²) in [6.45, 7) is 0.709. The Bertz CT molecular complexity index is 1430. The fourth-order valence-electron chi connectivity index (χ4n) is 3.64. The summed E-state index contributed by atoms with van der Waals surface area (Å²) in [5.41, 5.74) is 3.09. The van der Waals surface area contributed by atoms with Crippen LogP contribution in [0.5, 0.6) is 0 Å². The molecule has 4 aromatic carbocycles. The predicted octanol–water partition coefficient (Wildman–Crippen LogP) is 6.31. The molecule has 8 heteroatoms. The minimum atomic E-state index is -3.89. The number of halogens is 2. The third-order valence-corrected chi connectivity index (χ3v) is 8.13. The summed E-state index contributed by atoms with van der Waals surface area (Å²) in [4.78, 5) is 12.6. The molecule has 0 aromatic heterocycles. The molecule has 4 aromatic rings. The number of benzene rings is 4. The Hall–Kier alpha value is -3.16. The van der Waals surface area contributed by atoms with Gasteiger partial charge in [0, 0.05) is 25.2 Å². The molecule has 1 amide bonds. The number of sulfonamides is 1. The molecule has 0 aliphatic carbocycles. The van der Waals surface area contributed by atoms with Gasteiger partial charge in [-0.3, -0.25) is 4.79 Å². The summed E-state index contributed by atoms with van der Waals surface area (Å²) in [5.74, 6) is -0.199. The van der Waals surface area contributed by atoms with Gasteiger partial charge >= 0.3 is 0 Å². The van der Waals surface area contributed by atoms with Crippen molar-refractivity contribution in [3.8, 4) is 0 Å². The number of amides is 1. The second-order valence-corrected chi connectivity index (χ2v) is 11.0. The number of nitrogens with one attached hydrogen (secondary N) is 1. The average Bonchev–Trinajstić information content (AvgIpc) is 2.90. The van der Waals surface area contributed by atoms with Crippen molar-refractivity contribution in [3.05, 3.63) is 135 Å². The average molecular weight is 539 g/mol. The summed E-state index contributed by atoms with van der Waals surface area (Å²) in [6.07, 6.45) is 0. The molecule has 0 fully saturated rings. The fourth-order valence-corrected chi connectivity index (χ4v) is 5.45. The van der Waals surface area contributed by atoms with Crippen molar-refractivity contribution in [1.82, 2.24) is 9.62 Å². The first-order valence-corrected chi connectivity index (χ1v) is 13.4. The van der Waals surface area contributed by atoms with E-state index in [1.54, 1.807) is 24.3 Å². The maximum Gasteiger partial charge on any atom is 0.251 e. The van der Waals surface area contributed by atoms with E-state index in [2.05, 4.69) is 5.32 Å². The predicted molar refractivity (Wildman–Crippen MR) is 143 cm³/mol. The number of hydrogen-bond donors (Lipinski definition) is 1. The minimum absolute atomic E-state index is 0.0599. The Labute approximate surface area is 221 Å². The molecule has 0 aliphatic rings. The van der Waals surface area contributed by atoms with Gasteiger partial charge in [-0.15, -0.1) is 0 Å². The lowest BCUT2D eigenvalue weighted by molar-refractivity contribution is 0.0951. The molecule has 0 aliphatic heterocycles. The van der Waals surface area contributed by atoms with Crippen LogP contribution in [0.25, 0.3) is 0 Å². The van der Waals surface area contributed by atoms with E-state index in [9.17, 15) is 13.2 Å². The van der Waals surface area contributed by atoms with E-state index in [0.29, 0.717) is 12.1 Å². The molecule has 5 nitrogen and oxygen atoms in total. The van der Waals surface area contributed by atoms with E-state index < -0.39 is 10.0 Å². The van der Waals surface area contributed by atoms with Crippen molar-refractivity contribution < 1.29 is 13.2 Å². The number of rotatable bonds is 9. The molecule has 0 radical (unpaired) electrons. The lowest BCUT2D eigenvalue weighted by Gasteiger charge is -2.23. The molecule has 4 rings (SSSR count). The third-order valence-electron chi connectivity index (χ3n) is 5.60. The summed E-state index contributed by atoms with van der Waals surface area (Å²) in [5, 5.41) is 3.35.